The van der Waals surface area contributed by atoms with E-state index in [1.165, 1.54) is 22.0 Å². The predicted octanol–water partition coefficient (Wildman–Crippen LogP) is 1.65. The molecule has 1 aromatic heterocycles. The molecule has 7 heteroatoms. The highest BCUT2D eigenvalue weighted by Gasteiger charge is 2.30. The van der Waals surface area contributed by atoms with Crippen LogP contribution in [0, 0.1) is 6.92 Å². The zero-order valence-corrected chi connectivity index (χ0v) is 12.8. The first-order valence-corrected chi connectivity index (χ1v) is 7.54. The summed E-state index contributed by atoms with van der Waals surface area (Å²) in [6.45, 7) is 2.76. The van der Waals surface area contributed by atoms with E-state index in [9.17, 15) is 9.59 Å². The highest BCUT2D eigenvalue weighted by atomic mass is 16.4. The molecule has 0 aliphatic carbocycles. The van der Waals surface area contributed by atoms with Crippen molar-refractivity contribution in [2.45, 2.75) is 32.4 Å². The Labute approximate surface area is 133 Å². The van der Waals surface area contributed by atoms with Crippen LogP contribution in [0.15, 0.2) is 30.5 Å². The molecule has 1 amide bonds. The van der Waals surface area contributed by atoms with E-state index in [-0.39, 0.29) is 24.2 Å². The van der Waals surface area contributed by atoms with Gasteiger partial charge in [0.25, 0.3) is 0 Å². The van der Waals surface area contributed by atoms with Crippen molar-refractivity contribution in [1.82, 2.24) is 19.9 Å². The number of carbonyl (C=O) groups is 2. The molecule has 1 aliphatic rings. The van der Waals surface area contributed by atoms with Crippen molar-refractivity contribution in [2.75, 3.05) is 6.54 Å². The van der Waals surface area contributed by atoms with Gasteiger partial charge in [0.1, 0.15) is 6.54 Å². The minimum absolute atomic E-state index is 0.00264. The van der Waals surface area contributed by atoms with Gasteiger partial charge in [-0.05, 0) is 30.9 Å². The van der Waals surface area contributed by atoms with Gasteiger partial charge in [-0.3, -0.25) is 4.79 Å². The van der Waals surface area contributed by atoms with E-state index >= 15 is 0 Å². The van der Waals surface area contributed by atoms with Crippen molar-refractivity contribution in [3.63, 3.8) is 0 Å². The zero-order chi connectivity index (χ0) is 16.4. The molecule has 3 rings (SSSR count). The van der Waals surface area contributed by atoms with Gasteiger partial charge in [0.05, 0.1) is 12.2 Å². The first-order chi connectivity index (χ1) is 11.1. The van der Waals surface area contributed by atoms with Gasteiger partial charge in [-0.25, -0.2) is 9.48 Å². The lowest BCUT2D eigenvalue weighted by Crippen LogP contribution is -2.33. The number of likely N-dealkylation sites (tertiary alicyclic amines) is 1. The van der Waals surface area contributed by atoms with Gasteiger partial charge >= 0.3 is 5.97 Å². The van der Waals surface area contributed by atoms with Crippen LogP contribution in [-0.2, 0) is 11.3 Å². The molecule has 120 valence electrons. The molecule has 1 aliphatic heterocycles. The van der Waals surface area contributed by atoms with Crippen molar-refractivity contribution in [3.05, 3.63) is 47.3 Å². The highest BCUT2D eigenvalue weighted by Crippen LogP contribution is 2.33. The molecule has 23 heavy (non-hydrogen) atoms. The summed E-state index contributed by atoms with van der Waals surface area (Å²) >= 11 is 0. The van der Waals surface area contributed by atoms with Gasteiger partial charge in [-0.15, -0.1) is 5.10 Å². The lowest BCUT2D eigenvalue weighted by atomic mass is 9.99. The first kappa shape index (κ1) is 15.2. The summed E-state index contributed by atoms with van der Waals surface area (Å²) in [6.07, 6.45) is 3.18. The summed E-state index contributed by atoms with van der Waals surface area (Å²) in [4.78, 5) is 25.3. The standard InChI is InChI=1S/C16H18N4O3/c1-11-5-2-3-6-12(11)14-7-4-8-20(14)15(21)10-19-9-13(16(22)23)17-18-19/h2-3,5-6,9,14H,4,7-8,10H2,1H3,(H,22,23). The van der Waals surface area contributed by atoms with Crippen molar-refractivity contribution < 1.29 is 14.7 Å². The van der Waals surface area contributed by atoms with Crippen LogP contribution < -0.4 is 0 Å². The molecule has 2 heterocycles. The fourth-order valence-electron chi connectivity index (χ4n) is 3.05. The van der Waals surface area contributed by atoms with Crippen molar-refractivity contribution >= 4 is 11.9 Å². The van der Waals surface area contributed by atoms with E-state index in [0.29, 0.717) is 6.54 Å². The number of carbonyl (C=O) groups excluding carboxylic acids is 1. The second-order valence-corrected chi connectivity index (χ2v) is 5.71. The van der Waals surface area contributed by atoms with Crippen molar-refractivity contribution in [1.29, 1.82) is 0 Å². The predicted molar refractivity (Wildman–Crippen MR) is 81.8 cm³/mol. The Bertz CT molecular complexity index is 740. The van der Waals surface area contributed by atoms with Gasteiger partial charge in [0, 0.05) is 6.54 Å². The van der Waals surface area contributed by atoms with Gasteiger partial charge in [-0.2, -0.15) is 0 Å². The molecule has 1 N–H and O–H groups in total. The first-order valence-electron chi connectivity index (χ1n) is 7.54. The largest absolute Gasteiger partial charge is 0.476 e. The van der Waals surface area contributed by atoms with Gasteiger partial charge < -0.3 is 10.0 Å². The fraction of sp³-hybridized carbons (Fsp3) is 0.375. The van der Waals surface area contributed by atoms with Crippen LogP contribution >= 0.6 is 0 Å². The smallest absolute Gasteiger partial charge is 0.358 e. The number of rotatable bonds is 4. The topological polar surface area (TPSA) is 88.3 Å². The number of carboxylic acid groups (broad SMARTS) is 1. The van der Waals surface area contributed by atoms with Crippen LogP contribution in [0.3, 0.4) is 0 Å². The number of benzene rings is 1. The lowest BCUT2D eigenvalue weighted by Gasteiger charge is -2.26. The van der Waals surface area contributed by atoms with Crippen LogP contribution in [0.25, 0.3) is 0 Å². The minimum atomic E-state index is -1.15. The normalized spacial score (nSPS) is 17.4. The van der Waals surface area contributed by atoms with E-state index in [1.807, 2.05) is 30.0 Å². The maximum atomic E-state index is 12.6. The quantitative estimate of drug-likeness (QED) is 0.927. The Hall–Kier alpha value is -2.70. The third kappa shape index (κ3) is 3.08. The molecule has 0 radical (unpaired) electrons. The summed E-state index contributed by atoms with van der Waals surface area (Å²) < 4.78 is 1.28. The van der Waals surface area contributed by atoms with Gasteiger partial charge in [0.2, 0.25) is 5.91 Å². The molecule has 0 saturated carbocycles. The lowest BCUT2D eigenvalue weighted by molar-refractivity contribution is -0.133. The molecular weight excluding hydrogens is 296 g/mol. The second kappa shape index (κ2) is 6.20. The molecule has 1 fully saturated rings. The Kier molecular flexibility index (Phi) is 4.10. The Morgan fingerprint density at radius 2 is 2.13 bits per heavy atom. The number of aromatic nitrogens is 3. The molecular formula is C16H18N4O3. The Morgan fingerprint density at radius 3 is 2.83 bits per heavy atom. The van der Waals surface area contributed by atoms with Crippen molar-refractivity contribution in [3.8, 4) is 0 Å². The molecule has 0 spiro atoms. The molecule has 1 unspecified atom stereocenters. The van der Waals surface area contributed by atoms with Crippen LogP contribution in [0.2, 0.25) is 0 Å². The highest BCUT2D eigenvalue weighted by molar-refractivity contribution is 5.84. The summed E-state index contributed by atoms with van der Waals surface area (Å²) in [5, 5.41) is 16.1. The number of aryl methyl sites for hydroxylation is 1. The number of amides is 1. The summed E-state index contributed by atoms with van der Waals surface area (Å²) in [5.74, 6) is -1.22. The van der Waals surface area contributed by atoms with Crippen LogP contribution in [-0.4, -0.2) is 43.4 Å². The zero-order valence-electron chi connectivity index (χ0n) is 12.8. The molecule has 7 nitrogen and oxygen atoms in total. The third-order valence-electron chi connectivity index (χ3n) is 4.18. The third-order valence-corrected chi connectivity index (χ3v) is 4.18. The molecule has 1 atom stereocenters. The van der Waals surface area contributed by atoms with Crippen molar-refractivity contribution in [2.24, 2.45) is 0 Å². The molecule has 1 saturated heterocycles. The van der Waals surface area contributed by atoms with Gasteiger partial charge in [0.15, 0.2) is 5.69 Å². The van der Waals surface area contributed by atoms with E-state index in [1.54, 1.807) is 0 Å². The second-order valence-electron chi connectivity index (χ2n) is 5.71. The number of hydrogen-bond acceptors (Lipinski definition) is 4. The van der Waals surface area contributed by atoms with E-state index < -0.39 is 5.97 Å². The van der Waals surface area contributed by atoms with Crippen LogP contribution in [0.5, 0.6) is 0 Å². The minimum Gasteiger partial charge on any atom is -0.476 e. The average molecular weight is 314 g/mol. The van der Waals surface area contributed by atoms with E-state index in [4.69, 9.17) is 5.11 Å². The average Bonchev–Trinajstić information content (AvgIpc) is 3.16. The number of aromatic carboxylic acids is 1. The van der Waals surface area contributed by atoms with E-state index in [0.717, 1.165) is 12.8 Å². The van der Waals surface area contributed by atoms with Crippen LogP contribution in [0.1, 0.15) is 40.5 Å². The molecule has 2 aromatic rings. The fourth-order valence-corrected chi connectivity index (χ4v) is 3.05. The molecule has 0 bridgehead atoms. The summed E-state index contributed by atoms with van der Waals surface area (Å²) in [5.41, 5.74) is 2.18. The Morgan fingerprint density at radius 1 is 1.35 bits per heavy atom. The maximum Gasteiger partial charge on any atom is 0.358 e. The summed E-state index contributed by atoms with van der Waals surface area (Å²) in [7, 11) is 0. The number of hydrogen-bond donors (Lipinski definition) is 1. The summed E-state index contributed by atoms with van der Waals surface area (Å²) in [6, 6.07) is 8.16. The SMILES string of the molecule is Cc1ccccc1C1CCCN1C(=O)Cn1cc(C(=O)O)nn1. The maximum absolute atomic E-state index is 12.6. The Balaban J connectivity index is 1.75. The monoisotopic (exact) mass is 314 g/mol. The number of nitrogens with zero attached hydrogens (tertiary/aromatic N) is 4. The van der Waals surface area contributed by atoms with Gasteiger partial charge in [-0.1, -0.05) is 29.5 Å². The van der Waals surface area contributed by atoms with Crippen LogP contribution in [0.4, 0.5) is 0 Å². The molecule has 1 aromatic carbocycles. The van der Waals surface area contributed by atoms with E-state index in [2.05, 4.69) is 16.4 Å². The number of carboxylic acids is 1.